The van der Waals surface area contributed by atoms with Crippen LogP contribution in [-0.4, -0.2) is 26.5 Å². The Bertz CT molecular complexity index is 429. The second-order valence-corrected chi connectivity index (χ2v) is 3.00. The van der Waals surface area contributed by atoms with E-state index in [0.717, 1.165) is 17.8 Å². The Morgan fingerprint density at radius 2 is 2.07 bits per heavy atom. The van der Waals surface area contributed by atoms with Crippen LogP contribution in [0.15, 0.2) is 30.9 Å². The fourth-order valence-corrected chi connectivity index (χ4v) is 1.23. The smallest absolute Gasteiger partial charge is 0.178 e. The summed E-state index contributed by atoms with van der Waals surface area (Å²) in [5.41, 5.74) is 7.12. The molecule has 0 aromatic carbocycles. The largest absolute Gasteiger partial charge is 0.330 e. The molecule has 0 atom stereocenters. The first-order valence-electron chi connectivity index (χ1n) is 4.68. The first-order valence-corrected chi connectivity index (χ1v) is 4.68. The van der Waals surface area contributed by atoms with Gasteiger partial charge in [-0.15, -0.1) is 0 Å². The van der Waals surface area contributed by atoms with Crippen molar-refractivity contribution in [1.82, 2.24) is 19.9 Å². The highest BCUT2D eigenvalue weighted by molar-refractivity contribution is 5.47. The summed E-state index contributed by atoms with van der Waals surface area (Å²) in [5, 5.41) is 0. The lowest BCUT2D eigenvalue weighted by Crippen LogP contribution is -2.05. The highest BCUT2D eigenvalue weighted by Crippen LogP contribution is 2.09. The molecule has 0 bridgehead atoms. The number of hydrogen-bond donors (Lipinski definition) is 1. The van der Waals surface area contributed by atoms with Crippen LogP contribution in [0.25, 0.3) is 11.5 Å². The van der Waals surface area contributed by atoms with Crippen molar-refractivity contribution in [2.75, 3.05) is 6.54 Å². The van der Waals surface area contributed by atoms with Crippen LogP contribution in [0.4, 0.5) is 0 Å². The molecule has 0 spiro atoms. The second kappa shape index (κ2) is 4.56. The Balaban J connectivity index is 2.33. The van der Waals surface area contributed by atoms with Gasteiger partial charge >= 0.3 is 0 Å². The van der Waals surface area contributed by atoms with Gasteiger partial charge in [-0.2, -0.15) is 0 Å². The molecular weight excluding hydrogens is 190 g/mol. The third-order valence-corrected chi connectivity index (χ3v) is 1.92. The van der Waals surface area contributed by atoms with Gasteiger partial charge in [0.2, 0.25) is 0 Å². The zero-order valence-corrected chi connectivity index (χ0v) is 8.17. The highest BCUT2D eigenvalue weighted by Gasteiger charge is 2.02. The molecule has 0 saturated heterocycles. The minimum atomic E-state index is 0.584. The van der Waals surface area contributed by atoms with E-state index in [1.165, 1.54) is 6.33 Å². The predicted molar refractivity (Wildman–Crippen MR) is 55.8 cm³/mol. The number of nitrogens with two attached hydrogens (primary N) is 1. The van der Waals surface area contributed by atoms with E-state index < -0.39 is 0 Å². The van der Waals surface area contributed by atoms with Crippen LogP contribution in [0.3, 0.4) is 0 Å². The summed E-state index contributed by atoms with van der Waals surface area (Å²) in [6.45, 7) is 0.584. The van der Waals surface area contributed by atoms with Crippen molar-refractivity contribution >= 4 is 0 Å². The van der Waals surface area contributed by atoms with Crippen LogP contribution >= 0.6 is 0 Å². The van der Waals surface area contributed by atoms with Crippen LogP contribution in [0.2, 0.25) is 0 Å². The summed E-state index contributed by atoms with van der Waals surface area (Å²) in [6, 6.07) is 3.64. The maximum atomic E-state index is 5.46. The standard InChI is InChI=1S/C10H11N5/c11-4-1-8-2-6-13-10(15-8)9-3-5-12-7-14-9/h2-3,5-7H,1,4,11H2. The third-order valence-electron chi connectivity index (χ3n) is 1.92. The lowest BCUT2D eigenvalue weighted by atomic mass is 10.3. The van der Waals surface area contributed by atoms with Gasteiger partial charge in [-0.1, -0.05) is 0 Å². The van der Waals surface area contributed by atoms with E-state index in [1.807, 2.05) is 6.07 Å². The number of nitrogens with zero attached hydrogens (tertiary/aromatic N) is 4. The fourth-order valence-electron chi connectivity index (χ4n) is 1.23. The van der Waals surface area contributed by atoms with Crippen molar-refractivity contribution in [3.8, 4) is 11.5 Å². The Kier molecular flexibility index (Phi) is 2.94. The zero-order valence-electron chi connectivity index (χ0n) is 8.17. The molecule has 2 heterocycles. The van der Waals surface area contributed by atoms with Gasteiger partial charge in [0.15, 0.2) is 5.82 Å². The van der Waals surface area contributed by atoms with Crippen molar-refractivity contribution < 1.29 is 0 Å². The predicted octanol–water partition coefficient (Wildman–Crippen LogP) is 0.435. The molecule has 0 fully saturated rings. The third kappa shape index (κ3) is 2.32. The van der Waals surface area contributed by atoms with Crippen LogP contribution in [-0.2, 0) is 6.42 Å². The molecule has 0 amide bonds. The van der Waals surface area contributed by atoms with Gasteiger partial charge in [-0.25, -0.2) is 19.9 Å². The van der Waals surface area contributed by atoms with Crippen molar-refractivity contribution in [2.45, 2.75) is 6.42 Å². The molecule has 2 aromatic heterocycles. The Morgan fingerprint density at radius 3 is 2.80 bits per heavy atom. The van der Waals surface area contributed by atoms with Crippen LogP contribution in [0.5, 0.6) is 0 Å². The molecule has 5 nitrogen and oxygen atoms in total. The normalized spacial score (nSPS) is 10.2. The molecule has 0 unspecified atom stereocenters. The summed E-state index contributed by atoms with van der Waals surface area (Å²) in [7, 11) is 0. The van der Waals surface area contributed by atoms with Crippen molar-refractivity contribution in [1.29, 1.82) is 0 Å². The Labute approximate surface area is 87.4 Å². The van der Waals surface area contributed by atoms with E-state index in [1.54, 1.807) is 18.5 Å². The Morgan fingerprint density at radius 1 is 1.13 bits per heavy atom. The van der Waals surface area contributed by atoms with Gasteiger partial charge in [-0.3, -0.25) is 0 Å². The summed E-state index contributed by atoms with van der Waals surface area (Å²) < 4.78 is 0. The topological polar surface area (TPSA) is 77.6 Å². The maximum Gasteiger partial charge on any atom is 0.178 e. The van der Waals surface area contributed by atoms with E-state index in [9.17, 15) is 0 Å². The van der Waals surface area contributed by atoms with E-state index >= 15 is 0 Å². The van der Waals surface area contributed by atoms with E-state index in [0.29, 0.717) is 12.4 Å². The second-order valence-electron chi connectivity index (χ2n) is 3.00. The molecule has 0 radical (unpaired) electrons. The van der Waals surface area contributed by atoms with Crippen LogP contribution in [0.1, 0.15) is 5.69 Å². The Hall–Kier alpha value is -1.88. The van der Waals surface area contributed by atoms with Crippen molar-refractivity contribution in [3.63, 3.8) is 0 Å². The van der Waals surface area contributed by atoms with Crippen molar-refractivity contribution in [2.24, 2.45) is 5.73 Å². The SMILES string of the molecule is NCCc1ccnc(-c2ccncn2)n1. The minimum Gasteiger partial charge on any atom is -0.330 e. The first-order chi connectivity index (χ1) is 7.40. The molecular formula is C10H11N5. The van der Waals surface area contributed by atoms with E-state index in [-0.39, 0.29) is 0 Å². The summed E-state index contributed by atoms with van der Waals surface area (Å²) in [4.78, 5) is 16.4. The fraction of sp³-hybridized carbons (Fsp3) is 0.200. The summed E-state index contributed by atoms with van der Waals surface area (Å²) in [6.07, 6.45) is 5.62. The van der Waals surface area contributed by atoms with Gasteiger partial charge in [0.05, 0.1) is 0 Å². The van der Waals surface area contributed by atoms with Gasteiger partial charge in [0.1, 0.15) is 12.0 Å². The van der Waals surface area contributed by atoms with Gasteiger partial charge < -0.3 is 5.73 Å². The average molecular weight is 201 g/mol. The van der Waals surface area contributed by atoms with Gasteiger partial charge in [-0.05, 0) is 18.7 Å². The summed E-state index contributed by atoms with van der Waals surface area (Å²) in [5.74, 6) is 0.614. The van der Waals surface area contributed by atoms with E-state index in [2.05, 4.69) is 19.9 Å². The lowest BCUT2D eigenvalue weighted by molar-refractivity contribution is 0.910. The molecule has 2 aromatic rings. The maximum absolute atomic E-state index is 5.46. The zero-order chi connectivity index (χ0) is 10.5. The molecule has 0 saturated carbocycles. The van der Waals surface area contributed by atoms with Crippen LogP contribution < -0.4 is 5.73 Å². The molecule has 15 heavy (non-hydrogen) atoms. The molecule has 0 aliphatic heterocycles. The summed E-state index contributed by atoms with van der Waals surface area (Å²) >= 11 is 0. The lowest BCUT2D eigenvalue weighted by Gasteiger charge is -2.01. The monoisotopic (exact) mass is 201 g/mol. The molecule has 2 N–H and O–H groups in total. The molecule has 2 rings (SSSR count). The van der Waals surface area contributed by atoms with E-state index in [4.69, 9.17) is 5.73 Å². The number of aromatic nitrogens is 4. The molecule has 0 aliphatic rings. The molecule has 5 heteroatoms. The average Bonchev–Trinajstić information content (AvgIpc) is 2.31. The quantitative estimate of drug-likeness (QED) is 0.779. The number of hydrogen-bond acceptors (Lipinski definition) is 5. The van der Waals surface area contributed by atoms with Crippen LogP contribution in [0, 0.1) is 0 Å². The number of rotatable bonds is 3. The molecule has 76 valence electrons. The highest BCUT2D eigenvalue weighted by atomic mass is 14.9. The minimum absolute atomic E-state index is 0.584. The van der Waals surface area contributed by atoms with Gasteiger partial charge in [0, 0.05) is 24.5 Å². The van der Waals surface area contributed by atoms with Gasteiger partial charge in [0.25, 0.3) is 0 Å². The first kappa shape index (κ1) is 9.67. The van der Waals surface area contributed by atoms with Crippen molar-refractivity contribution in [3.05, 3.63) is 36.5 Å². The molecule has 0 aliphatic carbocycles.